The van der Waals surface area contributed by atoms with Crippen molar-refractivity contribution in [2.24, 2.45) is 0 Å². The molecule has 8 heteroatoms. The molecule has 0 atom stereocenters. The number of nitrogens with one attached hydrogen (secondary N) is 2. The zero-order valence-corrected chi connectivity index (χ0v) is 15.2. The van der Waals surface area contributed by atoms with Gasteiger partial charge in [-0.25, -0.2) is 9.97 Å². The Kier molecular flexibility index (Phi) is 6.28. The summed E-state index contributed by atoms with van der Waals surface area (Å²) in [5.74, 6) is 0.0358. The summed E-state index contributed by atoms with van der Waals surface area (Å²) < 4.78 is 37.7. The maximum Gasteiger partial charge on any atom is 0.416 e. The van der Waals surface area contributed by atoms with Gasteiger partial charge in [-0.05, 0) is 56.4 Å². The van der Waals surface area contributed by atoms with Crippen LogP contribution in [-0.2, 0) is 6.18 Å². The fourth-order valence-electron chi connectivity index (χ4n) is 2.96. The fourth-order valence-corrected chi connectivity index (χ4v) is 2.96. The van der Waals surface area contributed by atoms with Crippen LogP contribution in [0, 0.1) is 0 Å². The number of carbonyl (C=O) groups is 1. The van der Waals surface area contributed by atoms with Gasteiger partial charge in [0.15, 0.2) is 0 Å². The molecule has 28 heavy (non-hydrogen) atoms. The summed E-state index contributed by atoms with van der Waals surface area (Å²) in [4.78, 5) is 20.3. The number of alkyl halides is 3. The largest absolute Gasteiger partial charge is 0.416 e. The van der Waals surface area contributed by atoms with Crippen LogP contribution in [0.5, 0.6) is 0 Å². The van der Waals surface area contributed by atoms with E-state index >= 15 is 0 Å². The fraction of sp³-hybridized carbons (Fsp3) is 0.350. The monoisotopic (exact) mass is 390 g/mol. The molecule has 1 amide bonds. The van der Waals surface area contributed by atoms with E-state index in [1.165, 1.54) is 42.9 Å². The first-order valence-electron chi connectivity index (χ1n) is 9.14. The van der Waals surface area contributed by atoms with Gasteiger partial charge < -0.3 is 10.6 Å². The molecule has 1 heterocycles. The van der Waals surface area contributed by atoms with Gasteiger partial charge in [-0.3, -0.25) is 4.79 Å². The number of hydrogen-bond acceptors (Lipinski definition) is 4. The van der Waals surface area contributed by atoms with Crippen molar-refractivity contribution in [1.29, 1.82) is 0 Å². The SMILES string of the molecule is O=C(NCCC1=CCCCC1)c1cnc(Nc2ccc(C(F)(F)F)cc2)cn1. The minimum Gasteiger partial charge on any atom is -0.350 e. The van der Waals surface area contributed by atoms with E-state index in [0.29, 0.717) is 18.1 Å². The van der Waals surface area contributed by atoms with E-state index in [2.05, 4.69) is 26.7 Å². The van der Waals surface area contributed by atoms with Gasteiger partial charge in [0, 0.05) is 12.2 Å². The zero-order valence-electron chi connectivity index (χ0n) is 15.2. The highest BCUT2D eigenvalue weighted by Gasteiger charge is 2.29. The standard InChI is InChI=1S/C20H21F3N4O/c21-20(22,23)15-6-8-16(9-7-15)27-18-13-25-17(12-26-18)19(28)24-11-10-14-4-2-1-3-5-14/h4,6-9,12-13H,1-3,5,10-11H2,(H,24,28)(H,26,27). The lowest BCUT2D eigenvalue weighted by Gasteiger charge is -2.12. The molecule has 3 rings (SSSR count). The van der Waals surface area contributed by atoms with Gasteiger partial charge in [-0.15, -0.1) is 0 Å². The van der Waals surface area contributed by atoms with Gasteiger partial charge in [0.25, 0.3) is 5.91 Å². The van der Waals surface area contributed by atoms with Crippen molar-refractivity contribution >= 4 is 17.4 Å². The quantitative estimate of drug-likeness (QED) is 0.692. The van der Waals surface area contributed by atoms with E-state index in [-0.39, 0.29) is 11.6 Å². The van der Waals surface area contributed by atoms with Gasteiger partial charge in [-0.1, -0.05) is 11.6 Å². The first-order valence-corrected chi connectivity index (χ1v) is 9.14. The third-order valence-corrected chi connectivity index (χ3v) is 4.49. The smallest absolute Gasteiger partial charge is 0.350 e. The lowest BCUT2D eigenvalue weighted by Crippen LogP contribution is -2.26. The second-order valence-electron chi connectivity index (χ2n) is 6.60. The molecule has 2 N–H and O–H groups in total. The Morgan fingerprint density at radius 2 is 1.86 bits per heavy atom. The van der Waals surface area contributed by atoms with Crippen molar-refractivity contribution in [3.63, 3.8) is 0 Å². The van der Waals surface area contributed by atoms with E-state index in [9.17, 15) is 18.0 Å². The Bertz CT molecular complexity index is 830. The van der Waals surface area contributed by atoms with Crippen molar-refractivity contribution < 1.29 is 18.0 Å². The van der Waals surface area contributed by atoms with Gasteiger partial charge in [-0.2, -0.15) is 13.2 Å². The average Bonchev–Trinajstić information content (AvgIpc) is 2.69. The zero-order chi connectivity index (χ0) is 20.0. The van der Waals surface area contributed by atoms with Gasteiger partial charge >= 0.3 is 6.18 Å². The molecule has 0 saturated carbocycles. The second-order valence-corrected chi connectivity index (χ2v) is 6.60. The lowest BCUT2D eigenvalue weighted by molar-refractivity contribution is -0.137. The highest BCUT2D eigenvalue weighted by molar-refractivity contribution is 5.92. The van der Waals surface area contributed by atoms with Crippen LogP contribution in [0.4, 0.5) is 24.7 Å². The number of halogens is 3. The number of hydrogen-bond donors (Lipinski definition) is 2. The van der Waals surface area contributed by atoms with Crippen LogP contribution in [0.1, 0.15) is 48.2 Å². The molecule has 0 saturated heterocycles. The number of nitrogens with zero attached hydrogens (tertiary/aromatic N) is 2. The predicted molar refractivity (Wildman–Crippen MR) is 100 cm³/mol. The number of anilines is 2. The predicted octanol–water partition coefficient (Wildman–Crippen LogP) is 4.86. The first-order chi connectivity index (χ1) is 13.4. The van der Waals surface area contributed by atoms with Crippen LogP contribution < -0.4 is 10.6 Å². The molecule has 0 unspecified atom stereocenters. The molecule has 1 aliphatic rings. The Balaban J connectivity index is 1.51. The van der Waals surface area contributed by atoms with Crippen molar-refractivity contribution in [3.8, 4) is 0 Å². The normalized spacial score (nSPS) is 14.3. The van der Waals surface area contributed by atoms with Gasteiger partial charge in [0.2, 0.25) is 0 Å². The molecule has 0 bridgehead atoms. The maximum atomic E-state index is 12.6. The number of aromatic nitrogens is 2. The summed E-state index contributed by atoms with van der Waals surface area (Å²) in [5, 5.41) is 5.68. The third kappa shape index (κ3) is 5.55. The first kappa shape index (κ1) is 19.9. The van der Waals surface area contributed by atoms with Crippen molar-refractivity contribution in [1.82, 2.24) is 15.3 Å². The van der Waals surface area contributed by atoms with Crippen LogP contribution in [0.15, 0.2) is 48.3 Å². The van der Waals surface area contributed by atoms with Crippen LogP contribution in [-0.4, -0.2) is 22.4 Å². The number of rotatable bonds is 6. The molecule has 148 valence electrons. The van der Waals surface area contributed by atoms with E-state index in [1.54, 1.807) is 0 Å². The van der Waals surface area contributed by atoms with Crippen molar-refractivity contribution in [2.45, 2.75) is 38.3 Å². The van der Waals surface area contributed by atoms with Crippen molar-refractivity contribution in [2.75, 3.05) is 11.9 Å². The molecule has 1 aliphatic carbocycles. The molecular formula is C20H21F3N4O. The summed E-state index contributed by atoms with van der Waals surface area (Å²) in [6.07, 6.45) is 6.07. The lowest BCUT2D eigenvalue weighted by atomic mass is 9.97. The molecule has 5 nitrogen and oxygen atoms in total. The Hall–Kier alpha value is -2.90. The average molecular weight is 390 g/mol. The molecule has 0 fully saturated rings. The molecular weight excluding hydrogens is 369 g/mol. The third-order valence-electron chi connectivity index (χ3n) is 4.49. The highest BCUT2D eigenvalue weighted by atomic mass is 19.4. The number of carbonyl (C=O) groups excluding carboxylic acids is 1. The van der Waals surface area contributed by atoms with Crippen molar-refractivity contribution in [3.05, 3.63) is 59.6 Å². The minimum absolute atomic E-state index is 0.190. The maximum absolute atomic E-state index is 12.6. The summed E-state index contributed by atoms with van der Waals surface area (Å²) in [6.45, 7) is 0.553. The topological polar surface area (TPSA) is 66.9 Å². The minimum atomic E-state index is -4.37. The Morgan fingerprint density at radius 3 is 2.46 bits per heavy atom. The Morgan fingerprint density at radius 1 is 1.07 bits per heavy atom. The molecule has 0 spiro atoms. The molecule has 1 aromatic heterocycles. The molecule has 2 aromatic rings. The van der Waals surface area contributed by atoms with E-state index < -0.39 is 11.7 Å². The van der Waals surface area contributed by atoms with Gasteiger partial charge in [0.1, 0.15) is 11.5 Å². The van der Waals surface area contributed by atoms with Crippen LogP contribution in [0.3, 0.4) is 0 Å². The molecule has 0 radical (unpaired) electrons. The number of allylic oxidation sites excluding steroid dienone is 1. The molecule has 1 aromatic carbocycles. The Labute approximate surface area is 161 Å². The summed E-state index contributed by atoms with van der Waals surface area (Å²) in [6, 6.07) is 4.59. The van der Waals surface area contributed by atoms with E-state index in [4.69, 9.17) is 0 Å². The van der Waals surface area contributed by atoms with Crippen LogP contribution in [0.2, 0.25) is 0 Å². The van der Waals surface area contributed by atoms with Crippen LogP contribution in [0.25, 0.3) is 0 Å². The number of benzene rings is 1. The summed E-state index contributed by atoms with van der Waals surface area (Å²) >= 11 is 0. The summed E-state index contributed by atoms with van der Waals surface area (Å²) in [5.41, 5.74) is 1.30. The molecule has 0 aliphatic heterocycles. The van der Waals surface area contributed by atoms with Gasteiger partial charge in [0.05, 0.1) is 18.0 Å². The van der Waals surface area contributed by atoms with Crippen LogP contribution >= 0.6 is 0 Å². The second kappa shape index (κ2) is 8.86. The summed E-state index contributed by atoms with van der Waals surface area (Å²) in [7, 11) is 0. The van der Waals surface area contributed by atoms with E-state index in [1.807, 2.05) is 0 Å². The number of amides is 1. The van der Waals surface area contributed by atoms with E-state index in [0.717, 1.165) is 31.4 Å². The highest BCUT2D eigenvalue weighted by Crippen LogP contribution is 2.30.